The summed E-state index contributed by atoms with van der Waals surface area (Å²) in [6.45, 7) is 6.10. The van der Waals surface area contributed by atoms with Crippen LogP contribution in [0.5, 0.6) is 0 Å². The van der Waals surface area contributed by atoms with E-state index < -0.39 is 0 Å². The Morgan fingerprint density at radius 1 is 1.20 bits per heavy atom. The molecule has 0 saturated carbocycles. The van der Waals surface area contributed by atoms with Gasteiger partial charge in [0.25, 0.3) is 0 Å². The minimum absolute atomic E-state index is 0.756. The van der Waals surface area contributed by atoms with Gasteiger partial charge in [-0.05, 0) is 25.0 Å². The zero-order chi connectivity index (χ0) is 10.8. The van der Waals surface area contributed by atoms with Gasteiger partial charge < -0.3 is 10.1 Å². The van der Waals surface area contributed by atoms with Crippen LogP contribution in [0, 0.1) is 0 Å². The average molecular weight is 205 g/mol. The molecule has 0 unspecified atom stereocenters. The van der Waals surface area contributed by atoms with Crippen LogP contribution in [0.1, 0.15) is 12.8 Å². The first-order valence-electron chi connectivity index (χ1n) is 5.41. The molecule has 1 aromatic carbocycles. The molecular formula is C13H19NO. The third kappa shape index (κ3) is 5.92. The highest BCUT2D eigenvalue weighted by Gasteiger charge is 1.90. The van der Waals surface area contributed by atoms with Gasteiger partial charge in [-0.25, -0.2) is 0 Å². The van der Waals surface area contributed by atoms with E-state index in [4.69, 9.17) is 4.74 Å². The minimum Gasteiger partial charge on any atom is -0.383 e. The summed E-state index contributed by atoms with van der Waals surface area (Å²) in [4.78, 5) is 0. The lowest BCUT2D eigenvalue weighted by molar-refractivity contribution is 0.142. The fourth-order valence-electron chi connectivity index (χ4n) is 1.26. The topological polar surface area (TPSA) is 21.3 Å². The van der Waals surface area contributed by atoms with Crippen LogP contribution in [0.3, 0.4) is 0 Å². The standard InChI is InChI=1S/C13H19NO/c1-2-3-7-11-15-12-10-14-13-8-5-4-6-9-13/h2,4-6,8-9,14H,1,3,7,10-12H2. The molecule has 0 radical (unpaired) electrons. The number of para-hydroxylation sites is 1. The Morgan fingerprint density at radius 3 is 2.73 bits per heavy atom. The van der Waals surface area contributed by atoms with Crippen LogP contribution in [0.4, 0.5) is 5.69 Å². The Balaban J connectivity index is 1.95. The number of nitrogens with one attached hydrogen (secondary N) is 1. The highest BCUT2D eigenvalue weighted by molar-refractivity contribution is 5.42. The zero-order valence-electron chi connectivity index (χ0n) is 9.11. The summed E-state index contributed by atoms with van der Waals surface area (Å²) in [7, 11) is 0. The fourth-order valence-corrected chi connectivity index (χ4v) is 1.26. The fraction of sp³-hybridized carbons (Fsp3) is 0.385. The smallest absolute Gasteiger partial charge is 0.0639 e. The molecule has 2 nitrogen and oxygen atoms in total. The third-order valence-corrected chi connectivity index (χ3v) is 2.05. The predicted octanol–water partition coefficient (Wildman–Crippen LogP) is 3.08. The van der Waals surface area contributed by atoms with Crippen LogP contribution in [0.25, 0.3) is 0 Å². The van der Waals surface area contributed by atoms with Crippen molar-refractivity contribution in [3.63, 3.8) is 0 Å². The van der Waals surface area contributed by atoms with E-state index in [1.807, 2.05) is 24.3 Å². The molecule has 82 valence electrons. The van der Waals surface area contributed by atoms with Crippen molar-refractivity contribution in [3.8, 4) is 0 Å². The van der Waals surface area contributed by atoms with Crippen molar-refractivity contribution >= 4 is 5.69 Å². The molecule has 0 aliphatic heterocycles. The summed E-state index contributed by atoms with van der Waals surface area (Å²) in [5.41, 5.74) is 1.15. The van der Waals surface area contributed by atoms with Gasteiger partial charge in [0.1, 0.15) is 0 Å². The Hall–Kier alpha value is -1.28. The summed E-state index contributed by atoms with van der Waals surface area (Å²) >= 11 is 0. The molecule has 0 bridgehead atoms. The number of anilines is 1. The minimum atomic E-state index is 0.756. The van der Waals surface area contributed by atoms with Gasteiger partial charge in [-0.1, -0.05) is 24.3 Å². The number of hydrogen-bond donors (Lipinski definition) is 1. The van der Waals surface area contributed by atoms with Gasteiger partial charge in [0.2, 0.25) is 0 Å². The second-order valence-electron chi connectivity index (χ2n) is 3.34. The first kappa shape index (κ1) is 11.8. The van der Waals surface area contributed by atoms with Crippen molar-refractivity contribution in [2.24, 2.45) is 0 Å². The molecule has 0 saturated heterocycles. The first-order valence-corrected chi connectivity index (χ1v) is 5.41. The van der Waals surface area contributed by atoms with Gasteiger partial charge in [0.05, 0.1) is 6.61 Å². The van der Waals surface area contributed by atoms with Crippen molar-refractivity contribution < 1.29 is 4.74 Å². The normalized spacial score (nSPS) is 9.87. The second-order valence-corrected chi connectivity index (χ2v) is 3.34. The van der Waals surface area contributed by atoms with Crippen molar-refractivity contribution in [1.82, 2.24) is 0 Å². The molecular weight excluding hydrogens is 186 g/mol. The number of ether oxygens (including phenoxy) is 1. The summed E-state index contributed by atoms with van der Waals surface area (Å²) in [6.07, 6.45) is 4.02. The van der Waals surface area contributed by atoms with Crippen LogP contribution in [0.2, 0.25) is 0 Å². The highest BCUT2D eigenvalue weighted by atomic mass is 16.5. The monoisotopic (exact) mass is 205 g/mol. The maximum Gasteiger partial charge on any atom is 0.0639 e. The lowest BCUT2D eigenvalue weighted by Crippen LogP contribution is -2.09. The van der Waals surface area contributed by atoms with Crippen LogP contribution < -0.4 is 5.32 Å². The lowest BCUT2D eigenvalue weighted by Gasteiger charge is -2.06. The van der Waals surface area contributed by atoms with E-state index in [-0.39, 0.29) is 0 Å². The van der Waals surface area contributed by atoms with Gasteiger partial charge in [0.15, 0.2) is 0 Å². The second kappa shape index (κ2) is 8.06. The number of allylic oxidation sites excluding steroid dienone is 1. The van der Waals surface area contributed by atoms with E-state index in [9.17, 15) is 0 Å². The van der Waals surface area contributed by atoms with Gasteiger partial charge in [-0.2, -0.15) is 0 Å². The molecule has 0 spiro atoms. The number of benzene rings is 1. The summed E-state index contributed by atoms with van der Waals surface area (Å²) in [5, 5.41) is 3.29. The zero-order valence-corrected chi connectivity index (χ0v) is 9.11. The number of hydrogen-bond acceptors (Lipinski definition) is 2. The van der Waals surface area contributed by atoms with Gasteiger partial charge in [0, 0.05) is 18.8 Å². The SMILES string of the molecule is C=CCCCOCCNc1ccccc1. The lowest BCUT2D eigenvalue weighted by atomic mass is 10.3. The third-order valence-electron chi connectivity index (χ3n) is 2.05. The largest absolute Gasteiger partial charge is 0.383 e. The molecule has 0 aliphatic carbocycles. The van der Waals surface area contributed by atoms with Gasteiger partial charge in [-0.3, -0.25) is 0 Å². The van der Waals surface area contributed by atoms with E-state index in [2.05, 4.69) is 24.0 Å². The molecule has 2 heteroatoms. The first-order chi connectivity index (χ1) is 7.43. The maximum atomic E-state index is 5.45. The van der Waals surface area contributed by atoms with Gasteiger partial charge >= 0.3 is 0 Å². The molecule has 1 N–H and O–H groups in total. The predicted molar refractivity (Wildman–Crippen MR) is 65.2 cm³/mol. The van der Waals surface area contributed by atoms with Crippen LogP contribution >= 0.6 is 0 Å². The summed E-state index contributed by atoms with van der Waals surface area (Å²) in [6, 6.07) is 10.2. The maximum absolute atomic E-state index is 5.45. The molecule has 15 heavy (non-hydrogen) atoms. The molecule has 0 aliphatic rings. The van der Waals surface area contributed by atoms with Crippen LogP contribution in [0.15, 0.2) is 43.0 Å². The Kier molecular flexibility index (Phi) is 6.34. The molecule has 1 rings (SSSR count). The van der Waals surface area contributed by atoms with Crippen molar-refractivity contribution in [2.75, 3.05) is 25.1 Å². The van der Waals surface area contributed by atoms with E-state index in [0.29, 0.717) is 0 Å². The van der Waals surface area contributed by atoms with Crippen molar-refractivity contribution in [3.05, 3.63) is 43.0 Å². The molecule has 1 aromatic rings. The molecule has 0 heterocycles. The van der Waals surface area contributed by atoms with Crippen LogP contribution in [-0.4, -0.2) is 19.8 Å². The quantitative estimate of drug-likeness (QED) is 0.520. The van der Waals surface area contributed by atoms with Crippen molar-refractivity contribution in [1.29, 1.82) is 0 Å². The average Bonchev–Trinajstić information content (AvgIpc) is 2.29. The van der Waals surface area contributed by atoms with Crippen molar-refractivity contribution in [2.45, 2.75) is 12.8 Å². The molecule has 0 fully saturated rings. The Labute approximate surface area is 92.0 Å². The van der Waals surface area contributed by atoms with E-state index >= 15 is 0 Å². The van der Waals surface area contributed by atoms with E-state index in [0.717, 1.165) is 38.3 Å². The summed E-state index contributed by atoms with van der Waals surface area (Å²) in [5.74, 6) is 0. The highest BCUT2D eigenvalue weighted by Crippen LogP contribution is 2.03. The number of unbranched alkanes of at least 4 members (excludes halogenated alkanes) is 1. The molecule has 0 atom stereocenters. The Morgan fingerprint density at radius 2 is 2.00 bits per heavy atom. The number of rotatable bonds is 8. The Bertz CT molecular complexity index is 258. The molecule has 0 amide bonds. The summed E-state index contributed by atoms with van der Waals surface area (Å²) < 4.78 is 5.45. The van der Waals surface area contributed by atoms with Gasteiger partial charge in [-0.15, -0.1) is 6.58 Å². The molecule has 0 aromatic heterocycles. The van der Waals surface area contributed by atoms with E-state index in [1.165, 1.54) is 0 Å². The van der Waals surface area contributed by atoms with E-state index in [1.54, 1.807) is 0 Å². The van der Waals surface area contributed by atoms with Crippen LogP contribution in [-0.2, 0) is 4.74 Å².